The Balaban J connectivity index is 1.74. The Hall–Kier alpha value is -3.48. The molecule has 8 N–H and O–H groups in total. The fourth-order valence-corrected chi connectivity index (χ4v) is 6.13. The summed E-state index contributed by atoms with van der Waals surface area (Å²) in [6.45, 7) is 11.4. The van der Waals surface area contributed by atoms with Crippen molar-refractivity contribution in [2.75, 3.05) is 32.5 Å². The van der Waals surface area contributed by atoms with E-state index in [4.69, 9.17) is 5.73 Å². The molecule has 224 valence electrons. The first kappa shape index (κ1) is 30.5. The number of likely N-dealkylation sites (N-methyl/N-ethyl adjacent to an activating group) is 1. The van der Waals surface area contributed by atoms with Crippen LogP contribution in [-0.4, -0.2) is 92.2 Å². The first-order valence-corrected chi connectivity index (χ1v) is 13.7. The quantitative estimate of drug-likeness (QED) is 0.232. The normalized spacial score (nSPS) is 26.6. The van der Waals surface area contributed by atoms with Gasteiger partial charge >= 0.3 is 0 Å². The molecule has 1 aromatic rings. The number of fused-ring (bicyclic) bond motifs is 3. The molecule has 41 heavy (non-hydrogen) atoms. The van der Waals surface area contributed by atoms with Gasteiger partial charge in [0.05, 0.1) is 11.6 Å². The number of hydrogen-bond donors (Lipinski definition) is 7. The maximum Gasteiger partial charge on any atom is 0.255 e. The van der Waals surface area contributed by atoms with Gasteiger partial charge in [0.25, 0.3) is 5.91 Å². The van der Waals surface area contributed by atoms with Gasteiger partial charge in [0.1, 0.15) is 17.1 Å². The van der Waals surface area contributed by atoms with Gasteiger partial charge in [-0.2, -0.15) is 0 Å². The molecular weight excluding hydrogens is 530 g/mol. The number of nitrogens with two attached hydrogens (primary N) is 1. The van der Waals surface area contributed by atoms with E-state index in [9.17, 15) is 34.8 Å². The standard InChI is InChI=1S/C29H41N5O7/c1-27(2,3)33-12-28(4,5)11-32-26-22(37)16-14(10-31-26)8-13-9-15-19(34(6)7)21(36)18(25(30)40)24(39)29(15,41)23(38)17(13)20(16)35/h10,13,15,19,33,35,37,39,41H,8-9,11-12H2,1-7H3,(H2,30,40)(H,31,32)/t13-,15-,19-,29-/m0/s1. The molecule has 0 saturated heterocycles. The monoisotopic (exact) mass is 571 g/mol. The highest BCUT2D eigenvalue weighted by molar-refractivity contribution is 6.24. The number of rotatable bonds is 7. The number of aliphatic hydroxyl groups is 3. The highest BCUT2D eigenvalue weighted by Gasteiger charge is 2.64. The van der Waals surface area contributed by atoms with E-state index in [2.05, 4.69) is 36.4 Å². The third-order valence-corrected chi connectivity index (χ3v) is 8.29. The molecular formula is C29H41N5O7. The number of Topliss-reactive ketones (excluding diaryl/α,β-unsaturated/α-hetero) is 2. The van der Waals surface area contributed by atoms with Crippen LogP contribution in [0.1, 0.15) is 52.2 Å². The van der Waals surface area contributed by atoms with E-state index in [-0.39, 0.29) is 46.5 Å². The lowest BCUT2D eigenvalue weighted by Gasteiger charge is -2.50. The number of nitrogens with zero attached hydrogens (tertiary/aromatic N) is 2. The summed E-state index contributed by atoms with van der Waals surface area (Å²) in [4.78, 5) is 45.0. The molecule has 1 fully saturated rings. The number of amides is 1. The van der Waals surface area contributed by atoms with Gasteiger partial charge < -0.3 is 36.8 Å². The molecule has 1 amide bonds. The van der Waals surface area contributed by atoms with Crippen molar-refractivity contribution in [1.29, 1.82) is 0 Å². The number of nitrogens with one attached hydrogen (secondary N) is 2. The van der Waals surface area contributed by atoms with Gasteiger partial charge in [-0.3, -0.25) is 19.3 Å². The predicted molar refractivity (Wildman–Crippen MR) is 152 cm³/mol. The second-order valence-electron chi connectivity index (χ2n) is 13.4. The van der Waals surface area contributed by atoms with E-state index < -0.39 is 58.0 Å². The molecule has 12 heteroatoms. The van der Waals surface area contributed by atoms with Gasteiger partial charge in [-0.15, -0.1) is 0 Å². The summed E-state index contributed by atoms with van der Waals surface area (Å²) in [5.74, 6) is -6.74. The Bertz CT molecular complexity index is 1370. The lowest BCUT2D eigenvalue weighted by atomic mass is 9.57. The van der Waals surface area contributed by atoms with Crippen molar-refractivity contribution < 1.29 is 34.8 Å². The molecule has 0 bridgehead atoms. The van der Waals surface area contributed by atoms with Crippen molar-refractivity contribution in [2.24, 2.45) is 23.0 Å². The number of aromatic hydroxyl groups is 1. The minimum Gasteiger partial charge on any atom is -0.508 e. The molecule has 4 rings (SSSR count). The van der Waals surface area contributed by atoms with E-state index in [0.29, 0.717) is 18.7 Å². The highest BCUT2D eigenvalue weighted by Crippen LogP contribution is 2.53. The van der Waals surface area contributed by atoms with Crippen LogP contribution >= 0.6 is 0 Å². The third-order valence-electron chi connectivity index (χ3n) is 8.29. The molecule has 0 spiro atoms. The maximum atomic E-state index is 13.9. The van der Waals surface area contributed by atoms with Crippen LogP contribution in [0, 0.1) is 17.3 Å². The molecule has 0 aromatic carbocycles. The summed E-state index contributed by atoms with van der Waals surface area (Å²) >= 11 is 0. The van der Waals surface area contributed by atoms with Crippen LogP contribution in [0.4, 0.5) is 5.82 Å². The topological polar surface area (TPSA) is 198 Å². The molecule has 4 atom stereocenters. The van der Waals surface area contributed by atoms with Gasteiger partial charge in [-0.05, 0) is 64.6 Å². The van der Waals surface area contributed by atoms with Crippen LogP contribution in [-0.2, 0) is 20.8 Å². The predicted octanol–water partition coefficient (Wildman–Crippen LogP) is 1.19. The molecule has 1 aromatic heterocycles. The summed E-state index contributed by atoms with van der Waals surface area (Å²) < 4.78 is 0. The molecule has 1 heterocycles. The second-order valence-corrected chi connectivity index (χ2v) is 13.4. The van der Waals surface area contributed by atoms with E-state index in [1.165, 1.54) is 11.1 Å². The Morgan fingerprint density at radius 1 is 1.15 bits per heavy atom. The Kier molecular flexibility index (Phi) is 7.51. The van der Waals surface area contributed by atoms with Crippen LogP contribution in [0.2, 0.25) is 0 Å². The Labute approximate surface area is 239 Å². The van der Waals surface area contributed by atoms with E-state index >= 15 is 0 Å². The zero-order valence-electron chi connectivity index (χ0n) is 24.6. The smallest absolute Gasteiger partial charge is 0.255 e. The maximum absolute atomic E-state index is 13.9. The van der Waals surface area contributed by atoms with Gasteiger partial charge in [-0.25, -0.2) is 4.98 Å². The minimum absolute atomic E-state index is 0.00409. The third kappa shape index (κ3) is 5.08. The molecule has 12 nitrogen and oxygen atoms in total. The van der Waals surface area contributed by atoms with Crippen molar-refractivity contribution in [1.82, 2.24) is 15.2 Å². The van der Waals surface area contributed by atoms with Crippen LogP contribution < -0.4 is 16.4 Å². The number of anilines is 1. The fourth-order valence-electron chi connectivity index (χ4n) is 6.13. The number of pyridine rings is 1. The van der Waals surface area contributed by atoms with Crippen LogP contribution in [0.15, 0.2) is 23.1 Å². The Morgan fingerprint density at radius 2 is 1.78 bits per heavy atom. The Morgan fingerprint density at radius 3 is 2.34 bits per heavy atom. The molecule has 0 radical (unpaired) electrons. The average molecular weight is 572 g/mol. The molecule has 0 unspecified atom stereocenters. The van der Waals surface area contributed by atoms with E-state index in [0.717, 1.165) is 0 Å². The SMILES string of the molecule is CN(C)[C@@H]1C(=O)C(C(N)=O)=C(O)[C@@]2(O)C(=O)C3=C(O)c4c(cnc(NCC(C)(C)CNC(C)(C)C)c4O)C[C@H]3C[C@@H]12. The average Bonchev–Trinajstić information content (AvgIpc) is 2.84. The fraction of sp³-hybridized carbons (Fsp3) is 0.586. The molecule has 0 aliphatic heterocycles. The first-order valence-electron chi connectivity index (χ1n) is 13.7. The minimum atomic E-state index is -2.67. The zero-order valence-corrected chi connectivity index (χ0v) is 24.6. The number of aromatic nitrogens is 1. The van der Waals surface area contributed by atoms with Gasteiger partial charge in [0.15, 0.2) is 23.0 Å². The number of primary amides is 1. The molecule has 1 saturated carbocycles. The summed E-state index contributed by atoms with van der Waals surface area (Å²) in [7, 11) is 3.12. The number of ketones is 2. The van der Waals surface area contributed by atoms with Gasteiger partial charge in [-0.1, -0.05) is 13.8 Å². The number of hydrogen-bond acceptors (Lipinski definition) is 11. The lowest BCUT2D eigenvalue weighted by Crippen LogP contribution is -2.65. The molecule has 3 aliphatic carbocycles. The second kappa shape index (κ2) is 10.1. The number of carbonyl (C=O) groups excluding carboxylic acids is 3. The summed E-state index contributed by atoms with van der Waals surface area (Å²) in [5.41, 5.74) is 1.85. The highest BCUT2D eigenvalue weighted by atomic mass is 16.3. The summed E-state index contributed by atoms with van der Waals surface area (Å²) in [6, 6.07) is -1.12. The number of aliphatic hydroxyl groups excluding tert-OH is 2. The number of carbonyl (C=O) groups is 3. The van der Waals surface area contributed by atoms with Gasteiger partial charge in [0, 0.05) is 36.3 Å². The largest absolute Gasteiger partial charge is 0.508 e. The van der Waals surface area contributed by atoms with Crippen LogP contribution in [0.25, 0.3) is 5.76 Å². The van der Waals surface area contributed by atoms with Crippen molar-refractivity contribution in [2.45, 2.75) is 64.6 Å². The summed E-state index contributed by atoms with van der Waals surface area (Å²) in [6.07, 6.45) is 1.74. The van der Waals surface area contributed by atoms with Crippen molar-refractivity contribution >= 4 is 29.1 Å². The van der Waals surface area contributed by atoms with Crippen LogP contribution in [0.5, 0.6) is 5.75 Å². The van der Waals surface area contributed by atoms with E-state index in [1.807, 2.05) is 13.8 Å². The van der Waals surface area contributed by atoms with Crippen molar-refractivity contribution in [3.05, 3.63) is 34.2 Å². The first-order chi connectivity index (χ1) is 18.8. The molecule has 3 aliphatic rings. The lowest BCUT2D eigenvalue weighted by molar-refractivity contribution is -0.153. The van der Waals surface area contributed by atoms with Crippen LogP contribution in [0.3, 0.4) is 0 Å². The summed E-state index contributed by atoms with van der Waals surface area (Å²) in [5, 5.41) is 51.8. The van der Waals surface area contributed by atoms with Crippen molar-refractivity contribution in [3.63, 3.8) is 0 Å². The van der Waals surface area contributed by atoms with E-state index in [1.54, 1.807) is 14.1 Å². The van der Waals surface area contributed by atoms with Crippen molar-refractivity contribution in [3.8, 4) is 5.75 Å². The van der Waals surface area contributed by atoms with Gasteiger partial charge in [0.2, 0.25) is 5.78 Å². The zero-order chi connectivity index (χ0) is 30.8.